The largest absolute Gasteiger partial charge is 0.348 e. The van der Waals surface area contributed by atoms with Gasteiger partial charge in [-0.05, 0) is 30.3 Å². The lowest BCUT2D eigenvalue weighted by molar-refractivity contribution is -0.114. The van der Waals surface area contributed by atoms with Crippen LogP contribution in [-0.2, 0) is 11.3 Å². The van der Waals surface area contributed by atoms with Crippen LogP contribution >= 0.6 is 11.6 Å². The molecule has 0 aliphatic heterocycles. The molecule has 2 rings (SSSR count). The zero-order valence-corrected chi connectivity index (χ0v) is 12.9. The lowest BCUT2D eigenvalue weighted by atomic mass is 10.1. The Morgan fingerprint density at radius 3 is 2.39 bits per heavy atom. The van der Waals surface area contributed by atoms with Crippen LogP contribution in [0.4, 0.5) is 14.5 Å². The van der Waals surface area contributed by atoms with Crippen LogP contribution in [0.2, 0.25) is 5.02 Å². The molecule has 0 saturated carbocycles. The van der Waals surface area contributed by atoms with E-state index in [2.05, 4.69) is 10.6 Å². The number of carbonyl (C=O) groups is 2. The van der Waals surface area contributed by atoms with Gasteiger partial charge in [-0.15, -0.1) is 0 Å². The van der Waals surface area contributed by atoms with Crippen LogP contribution in [0.3, 0.4) is 0 Å². The molecular formula is C16H13ClF2N2O2. The third kappa shape index (κ3) is 4.26. The van der Waals surface area contributed by atoms with Crippen LogP contribution in [0.15, 0.2) is 36.4 Å². The zero-order valence-electron chi connectivity index (χ0n) is 12.1. The van der Waals surface area contributed by atoms with Gasteiger partial charge < -0.3 is 10.6 Å². The quantitative estimate of drug-likeness (QED) is 0.896. The lowest BCUT2D eigenvalue weighted by Gasteiger charge is -2.10. The van der Waals surface area contributed by atoms with Gasteiger partial charge in [0.25, 0.3) is 5.91 Å². The van der Waals surface area contributed by atoms with E-state index in [-0.39, 0.29) is 28.6 Å². The Balaban J connectivity index is 2.16. The van der Waals surface area contributed by atoms with Gasteiger partial charge in [0.2, 0.25) is 5.91 Å². The number of rotatable bonds is 4. The number of nitrogens with one attached hydrogen (secondary N) is 2. The number of halogens is 3. The molecule has 23 heavy (non-hydrogen) atoms. The van der Waals surface area contributed by atoms with Crippen LogP contribution in [0.1, 0.15) is 22.8 Å². The fourth-order valence-corrected chi connectivity index (χ4v) is 2.15. The minimum atomic E-state index is -0.747. The van der Waals surface area contributed by atoms with Crippen LogP contribution in [0.5, 0.6) is 0 Å². The summed E-state index contributed by atoms with van der Waals surface area (Å²) in [4.78, 5) is 23.2. The zero-order chi connectivity index (χ0) is 17.0. The van der Waals surface area contributed by atoms with E-state index >= 15 is 0 Å². The molecule has 2 amide bonds. The van der Waals surface area contributed by atoms with E-state index in [1.807, 2.05) is 0 Å². The average Bonchev–Trinajstić information content (AvgIpc) is 2.48. The van der Waals surface area contributed by atoms with E-state index in [9.17, 15) is 18.4 Å². The van der Waals surface area contributed by atoms with Gasteiger partial charge in [-0.1, -0.05) is 17.7 Å². The summed E-state index contributed by atoms with van der Waals surface area (Å²) in [6.07, 6.45) is 0. The number of amides is 2. The van der Waals surface area contributed by atoms with Crippen LogP contribution < -0.4 is 10.6 Å². The highest BCUT2D eigenvalue weighted by Crippen LogP contribution is 2.21. The Labute approximate surface area is 136 Å². The first-order valence-electron chi connectivity index (χ1n) is 6.66. The van der Waals surface area contributed by atoms with E-state index in [1.165, 1.54) is 31.2 Å². The van der Waals surface area contributed by atoms with E-state index in [4.69, 9.17) is 11.6 Å². The summed E-state index contributed by atoms with van der Waals surface area (Å²) in [7, 11) is 0. The first-order chi connectivity index (χ1) is 10.9. The molecular weight excluding hydrogens is 326 g/mol. The van der Waals surface area contributed by atoms with Crippen molar-refractivity contribution in [3.8, 4) is 0 Å². The maximum absolute atomic E-state index is 13.5. The Hall–Kier alpha value is -2.47. The van der Waals surface area contributed by atoms with Gasteiger partial charge >= 0.3 is 0 Å². The number of hydrogen-bond acceptors (Lipinski definition) is 2. The molecule has 0 fully saturated rings. The second kappa shape index (κ2) is 7.19. The predicted octanol–water partition coefficient (Wildman–Crippen LogP) is 3.51. The summed E-state index contributed by atoms with van der Waals surface area (Å²) < 4.78 is 27.1. The highest BCUT2D eigenvalue weighted by Gasteiger charge is 2.14. The molecule has 2 aromatic rings. The minimum Gasteiger partial charge on any atom is -0.348 e. The number of benzene rings is 2. The smallest absolute Gasteiger partial charge is 0.253 e. The number of hydrogen-bond donors (Lipinski definition) is 2. The van der Waals surface area contributed by atoms with Crippen molar-refractivity contribution < 1.29 is 18.4 Å². The van der Waals surface area contributed by atoms with E-state index in [0.717, 1.165) is 12.1 Å². The molecule has 0 aliphatic rings. The van der Waals surface area contributed by atoms with Gasteiger partial charge in [0, 0.05) is 24.7 Å². The van der Waals surface area contributed by atoms with Crippen molar-refractivity contribution in [2.24, 2.45) is 0 Å². The highest BCUT2D eigenvalue weighted by atomic mass is 35.5. The molecule has 0 spiro atoms. The molecule has 0 atom stereocenters. The molecule has 2 aromatic carbocycles. The Morgan fingerprint density at radius 2 is 1.78 bits per heavy atom. The first-order valence-corrected chi connectivity index (χ1v) is 7.04. The molecule has 7 heteroatoms. The summed E-state index contributed by atoms with van der Waals surface area (Å²) in [5.74, 6) is -2.40. The summed E-state index contributed by atoms with van der Waals surface area (Å²) in [6, 6.07) is 7.83. The molecule has 120 valence electrons. The first kappa shape index (κ1) is 16.9. The SMILES string of the molecule is CC(=O)Nc1ccc(Cl)c(C(=O)NCc2c(F)cccc2F)c1. The van der Waals surface area contributed by atoms with Crippen molar-refractivity contribution in [2.45, 2.75) is 13.5 Å². The Morgan fingerprint density at radius 1 is 1.13 bits per heavy atom. The van der Waals surface area contributed by atoms with Crippen molar-refractivity contribution >= 4 is 29.1 Å². The normalized spacial score (nSPS) is 10.3. The highest BCUT2D eigenvalue weighted by molar-refractivity contribution is 6.34. The summed E-state index contributed by atoms with van der Waals surface area (Å²) in [6.45, 7) is 1.01. The molecule has 0 aliphatic carbocycles. The van der Waals surface area contributed by atoms with Gasteiger partial charge in [0.1, 0.15) is 11.6 Å². The topological polar surface area (TPSA) is 58.2 Å². The van der Waals surface area contributed by atoms with Crippen LogP contribution in [0.25, 0.3) is 0 Å². The van der Waals surface area contributed by atoms with Crippen molar-refractivity contribution in [3.05, 3.63) is 64.2 Å². The van der Waals surface area contributed by atoms with Gasteiger partial charge in [0.15, 0.2) is 0 Å². The summed E-state index contributed by atoms with van der Waals surface area (Å²) in [5, 5.41) is 5.08. The molecule has 0 unspecified atom stereocenters. The molecule has 0 aromatic heterocycles. The second-order valence-corrected chi connectivity index (χ2v) is 5.17. The Kier molecular flexibility index (Phi) is 5.28. The monoisotopic (exact) mass is 338 g/mol. The third-order valence-corrected chi connectivity index (χ3v) is 3.35. The summed E-state index contributed by atoms with van der Waals surface area (Å²) >= 11 is 5.95. The molecule has 0 heterocycles. The maximum atomic E-state index is 13.5. The average molecular weight is 339 g/mol. The van der Waals surface area contributed by atoms with E-state index in [0.29, 0.717) is 5.69 Å². The predicted molar refractivity (Wildman–Crippen MR) is 83.3 cm³/mol. The van der Waals surface area contributed by atoms with Crippen molar-refractivity contribution in [1.29, 1.82) is 0 Å². The lowest BCUT2D eigenvalue weighted by Crippen LogP contribution is -2.24. The van der Waals surface area contributed by atoms with E-state index in [1.54, 1.807) is 0 Å². The maximum Gasteiger partial charge on any atom is 0.253 e. The fraction of sp³-hybridized carbons (Fsp3) is 0.125. The molecule has 0 bridgehead atoms. The van der Waals surface area contributed by atoms with E-state index < -0.39 is 17.5 Å². The van der Waals surface area contributed by atoms with Crippen LogP contribution in [-0.4, -0.2) is 11.8 Å². The third-order valence-electron chi connectivity index (χ3n) is 3.02. The van der Waals surface area contributed by atoms with Gasteiger partial charge in [-0.3, -0.25) is 9.59 Å². The van der Waals surface area contributed by atoms with Crippen molar-refractivity contribution in [3.63, 3.8) is 0 Å². The van der Waals surface area contributed by atoms with Gasteiger partial charge in [-0.2, -0.15) is 0 Å². The minimum absolute atomic E-state index is 0.0923. The second-order valence-electron chi connectivity index (χ2n) is 4.76. The molecule has 4 nitrogen and oxygen atoms in total. The van der Waals surface area contributed by atoms with Crippen molar-refractivity contribution in [1.82, 2.24) is 5.32 Å². The van der Waals surface area contributed by atoms with Gasteiger partial charge in [-0.25, -0.2) is 8.78 Å². The fourth-order valence-electron chi connectivity index (χ4n) is 1.95. The van der Waals surface area contributed by atoms with Crippen molar-refractivity contribution in [2.75, 3.05) is 5.32 Å². The molecule has 0 saturated heterocycles. The molecule has 2 N–H and O–H groups in total. The molecule has 0 radical (unpaired) electrons. The summed E-state index contributed by atoms with van der Waals surface area (Å²) in [5.41, 5.74) is 0.244. The number of carbonyl (C=O) groups excluding carboxylic acids is 2. The van der Waals surface area contributed by atoms with Crippen LogP contribution in [0, 0.1) is 11.6 Å². The number of anilines is 1. The van der Waals surface area contributed by atoms with Gasteiger partial charge in [0.05, 0.1) is 10.6 Å². The standard InChI is InChI=1S/C16H13ClF2N2O2/c1-9(22)21-10-5-6-13(17)11(7-10)16(23)20-8-12-14(18)3-2-4-15(12)19/h2-7H,8H2,1H3,(H,20,23)(H,21,22). The Bertz CT molecular complexity index is 745.